The Labute approximate surface area is 144 Å². The Bertz CT molecular complexity index is 605. The normalized spacial score (nSPS) is 18.0. The van der Waals surface area contributed by atoms with E-state index < -0.39 is 0 Å². The Morgan fingerprint density at radius 1 is 0.958 bits per heavy atom. The van der Waals surface area contributed by atoms with Crippen LogP contribution in [-0.2, 0) is 17.8 Å². The summed E-state index contributed by atoms with van der Waals surface area (Å²) in [6, 6.07) is 12.5. The summed E-state index contributed by atoms with van der Waals surface area (Å²) in [6.07, 6.45) is 3.94. The lowest BCUT2D eigenvalue weighted by Crippen LogP contribution is -2.35. The molecule has 0 N–H and O–H groups in total. The Kier molecular flexibility index (Phi) is 5.94. The van der Waals surface area contributed by atoms with Crippen LogP contribution in [0.3, 0.4) is 0 Å². The van der Waals surface area contributed by atoms with Crippen molar-refractivity contribution in [1.82, 2.24) is 14.9 Å². The third kappa shape index (κ3) is 5.11. The standard InChI is InChI=1S/C20H27N3O/c1-16-7-5-9-18(21-16)13-23(15-20-11-3-4-12-24-20)14-19-10-6-8-17(2)22-19/h5-10,20H,3-4,11-15H2,1-2H3. The summed E-state index contributed by atoms with van der Waals surface area (Å²) in [5.41, 5.74) is 4.35. The predicted molar refractivity (Wildman–Crippen MR) is 95.7 cm³/mol. The Balaban J connectivity index is 1.71. The molecule has 4 nitrogen and oxygen atoms in total. The molecule has 128 valence electrons. The monoisotopic (exact) mass is 325 g/mol. The molecule has 1 aliphatic rings. The van der Waals surface area contributed by atoms with E-state index in [9.17, 15) is 0 Å². The SMILES string of the molecule is Cc1cccc(CN(Cc2cccc(C)n2)CC2CCCCO2)n1. The van der Waals surface area contributed by atoms with Crippen LogP contribution < -0.4 is 0 Å². The van der Waals surface area contributed by atoms with Crippen molar-refractivity contribution in [3.63, 3.8) is 0 Å². The first kappa shape index (κ1) is 17.1. The topological polar surface area (TPSA) is 38.2 Å². The zero-order valence-corrected chi connectivity index (χ0v) is 14.7. The number of ether oxygens (including phenoxy) is 1. The summed E-state index contributed by atoms with van der Waals surface area (Å²) in [4.78, 5) is 11.7. The number of hydrogen-bond acceptors (Lipinski definition) is 4. The van der Waals surface area contributed by atoms with E-state index in [0.29, 0.717) is 6.10 Å². The molecule has 24 heavy (non-hydrogen) atoms. The van der Waals surface area contributed by atoms with Gasteiger partial charge in [0.2, 0.25) is 0 Å². The van der Waals surface area contributed by atoms with Crippen LogP contribution in [0.2, 0.25) is 0 Å². The average molecular weight is 325 g/mol. The van der Waals surface area contributed by atoms with Gasteiger partial charge in [0.1, 0.15) is 0 Å². The van der Waals surface area contributed by atoms with E-state index in [0.717, 1.165) is 55.4 Å². The number of rotatable bonds is 6. The van der Waals surface area contributed by atoms with Gasteiger partial charge in [-0.05, 0) is 57.4 Å². The number of hydrogen-bond donors (Lipinski definition) is 0. The van der Waals surface area contributed by atoms with Gasteiger partial charge in [0.15, 0.2) is 0 Å². The maximum absolute atomic E-state index is 5.95. The van der Waals surface area contributed by atoms with Crippen LogP contribution in [0.25, 0.3) is 0 Å². The van der Waals surface area contributed by atoms with E-state index in [2.05, 4.69) is 39.1 Å². The second-order valence-corrected chi connectivity index (χ2v) is 6.70. The summed E-state index contributed by atoms with van der Waals surface area (Å²) >= 11 is 0. The van der Waals surface area contributed by atoms with Crippen LogP contribution in [0.5, 0.6) is 0 Å². The van der Waals surface area contributed by atoms with Crippen LogP contribution in [0.4, 0.5) is 0 Å². The second kappa shape index (κ2) is 8.36. The van der Waals surface area contributed by atoms with E-state index in [1.807, 2.05) is 26.0 Å². The Morgan fingerprint density at radius 3 is 2.08 bits per heavy atom. The minimum absolute atomic E-state index is 0.327. The van der Waals surface area contributed by atoms with E-state index in [-0.39, 0.29) is 0 Å². The van der Waals surface area contributed by atoms with Crippen molar-refractivity contribution in [2.45, 2.75) is 52.3 Å². The van der Waals surface area contributed by atoms with Crippen molar-refractivity contribution < 1.29 is 4.74 Å². The first-order chi connectivity index (χ1) is 11.7. The molecule has 0 saturated carbocycles. The molecule has 1 fully saturated rings. The van der Waals surface area contributed by atoms with Crippen LogP contribution in [-0.4, -0.2) is 34.1 Å². The number of aryl methyl sites for hydroxylation is 2. The first-order valence-corrected chi connectivity index (χ1v) is 8.88. The lowest BCUT2D eigenvalue weighted by atomic mass is 10.1. The molecule has 1 unspecified atom stereocenters. The third-order valence-electron chi connectivity index (χ3n) is 4.40. The molecule has 3 heterocycles. The molecule has 0 aliphatic carbocycles. The maximum atomic E-state index is 5.95. The van der Waals surface area contributed by atoms with Gasteiger partial charge in [-0.1, -0.05) is 12.1 Å². The molecular formula is C20H27N3O. The highest BCUT2D eigenvalue weighted by Gasteiger charge is 2.19. The molecular weight excluding hydrogens is 298 g/mol. The molecule has 1 atom stereocenters. The highest BCUT2D eigenvalue weighted by Crippen LogP contribution is 2.17. The van der Waals surface area contributed by atoms with Crippen molar-refractivity contribution in [2.75, 3.05) is 13.2 Å². The molecule has 0 aromatic carbocycles. The fraction of sp³-hybridized carbons (Fsp3) is 0.500. The number of aromatic nitrogens is 2. The molecule has 0 spiro atoms. The summed E-state index contributed by atoms with van der Waals surface area (Å²) in [5.74, 6) is 0. The van der Waals surface area contributed by atoms with Crippen LogP contribution in [0.15, 0.2) is 36.4 Å². The van der Waals surface area contributed by atoms with Crippen molar-refractivity contribution >= 4 is 0 Å². The molecule has 0 radical (unpaired) electrons. The fourth-order valence-electron chi connectivity index (χ4n) is 3.26. The van der Waals surface area contributed by atoms with Crippen molar-refractivity contribution in [2.24, 2.45) is 0 Å². The molecule has 4 heteroatoms. The lowest BCUT2D eigenvalue weighted by Gasteiger charge is -2.29. The molecule has 0 amide bonds. The van der Waals surface area contributed by atoms with E-state index in [4.69, 9.17) is 4.74 Å². The van der Waals surface area contributed by atoms with Gasteiger partial charge in [-0.25, -0.2) is 0 Å². The van der Waals surface area contributed by atoms with E-state index in [1.165, 1.54) is 12.8 Å². The highest BCUT2D eigenvalue weighted by molar-refractivity contribution is 5.12. The van der Waals surface area contributed by atoms with Crippen molar-refractivity contribution in [3.8, 4) is 0 Å². The summed E-state index contributed by atoms with van der Waals surface area (Å²) in [6.45, 7) is 7.57. The summed E-state index contributed by atoms with van der Waals surface area (Å²) in [7, 11) is 0. The minimum atomic E-state index is 0.327. The van der Waals surface area contributed by atoms with Crippen LogP contribution in [0.1, 0.15) is 42.0 Å². The van der Waals surface area contributed by atoms with Gasteiger partial charge in [0.25, 0.3) is 0 Å². The molecule has 2 aromatic rings. The number of nitrogens with zero attached hydrogens (tertiary/aromatic N) is 3. The van der Waals surface area contributed by atoms with Gasteiger partial charge in [-0.15, -0.1) is 0 Å². The van der Waals surface area contributed by atoms with Gasteiger partial charge < -0.3 is 4.74 Å². The number of pyridine rings is 2. The zero-order valence-electron chi connectivity index (χ0n) is 14.7. The Hall–Kier alpha value is -1.78. The largest absolute Gasteiger partial charge is 0.377 e. The highest BCUT2D eigenvalue weighted by atomic mass is 16.5. The van der Waals surface area contributed by atoms with Gasteiger partial charge in [0, 0.05) is 37.6 Å². The van der Waals surface area contributed by atoms with Crippen molar-refractivity contribution in [3.05, 3.63) is 59.2 Å². The van der Waals surface area contributed by atoms with Gasteiger partial charge >= 0.3 is 0 Å². The lowest BCUT2D eigenvalue weighted by molar-refractivity contribution is -0.00912. The first-order valence-electron chi connectivity index (χ1n) is 8.88. The van der Waals surface area contributed by atoms with E-state index in [1.54, 1.807) is 0 Å². The molecule has 1 aliphatic heterocycles. The van der Waals surface area contributed by atoms with Gasteiger partial charge in [0.05, 0.1) is 17.5 Å². The molecule has 1 saturated heterocycles. The smallest absolute Gasteiger partial charge is 0.0702 e. The molecule has 2 aromatic heterocycles. The predicted octanol–water partition coefficient (Wildman–Crippen LogP) is 3.66. The van der Waals surface area contributed by atoms with Gasteiger partial charge in [-0.2, -0.15) is 0 Å². The zero-order chi connectivity index (χ0) is 16.8. The van der Waals surface area contributed by atoms with Gasteiger partial charge in [-0.3, -0.25) is 14.9 Å². The molecule has 3 rings (SSSR count). The van der Waals surface area contributed by atoms with Crippen LogP contribution in [0, 0.1) is 13.8 Å². The third-order valence-corrected chi connectivity index (χ3v) is 4.40. The fourth-order valence-corrected chi connectivity index (χ4v) is 3.26. The minimum Gasteiger partial charge on any atom is -0.377 e. The van der Waals surface area contributed by atoms with E-state index >= 15 is 0 Å². The van der Waals surface area contributed by atoms with Crippen molar-refractivity contribution in [1.29, 1.82) is 0 Å². The molecule has 0 bridgehead atoms. The summed E-state index contributed by atoms with van der Waals surface area (Å²) < 4.78 is 5.95. The average Bonchev–Trinajstić information content (AvgIpc) is 2.56. The maximum Gasteiger partial charge on any atom is 0.0702 e. The van der Waals surface area contributed by atoms with Crippen LogP contribution >= 0.6 is 0 Å². The summed E-state index contributed by atoms with van der Waals surface area (Å²) in [5, 5.41) is 0. The quantitative estimate of drug-likeness (QED) is 0.812. The second-order valence-electron chi connectivity index (χ2n) is 6.70. The Morgan fingerprint density at radius 2 is 1.58 bits per heavy atom.